The Balaban J connectivity index is 4.63. The van der Waals surface area contributed by atoms with Crippen molar-refractivity contribution < 1.29 is 28.5 Å². The maximum atomic E-state index is 11.9. The second-order valence-electron chi connectivity index (χ2n) is 4.03. The van der Waals surface area contributed by atoms with E-state index in [-0.39, 0.29) is 26.1 Å². The fraction of sp³-hybridized carbons (Fsp3) is 0.857. The molecular weight excluding hydrogens is 264 g/mol. The Morgan fingerprint density at radius 3 is 1.85 bits per heavy atom. The summed E-state index contributed by atoms with van der Waals surface area (Å²) in [5.41, 5.74) is 0. The van der Waals surface area contributed by atoms with Crippen LogP contribution in [0.3, 0.4) is 0 Å². The summed E-state index contributed by atoms with van der Waals surface area (Å²) >= 11 is 0. The van der Waals surface area contributed by atoms with Gasteiger partial charge in [0.1, 0.15) is 0 Å². The van der Waals surface area contributed by atoms with Crippen LogP contribution in [0, 0.1) is 5.92 Å². The lowest BCUT2D eigenvalue weighted by atomic mass is 10.0. The standard InChI is InChI=1S/C14H26O6/c1-5-17-12(15)9-11(14(16)20-8-4)10-13(18-6-2)19-7-3/h11,13H,5-10H2,1-4H3. The van der Waals surface area contributed by atoms with Crippen LogP contribution in [0.5, 0.6) is 0 Å². The molecule has 0 aromatic rings. The fourth-order valence-corrected chi connectivity index (χ4v) is 1.73. The highest BCUT2D eigenvalue weighted by molar-refractivity contribution is 5.79. The lowest BCUT2D eigenvalue weighted by Crippen LogP contribution is -2.29. The Labute approximate surface area is 120 Å². The van der Waals surface area contributed by atoms with Crippen LogP contribution in [0.4, 0.5) is 0 Å². The Morgan fingerprint density at radius 1 is 0.850 bits per heavy atom. The quantitative estimate of drug-likeness (QED) is 0.427. The van der Waals surface area contributed by atoms with Gasteiger partial charge in [0, 0.05) is 19.6 Å². The zero-order valence-corrected chi connectivity index (χ0v) is 12.8. The van der Waals surface area contributed by atoms with Gasteiger partial charge in [0.2, 0.25) is 0 Å². The van der Waals surface area contributed by atoms with Crippen LogP contribution in [0.25, 0.3) is 0 Å². The first-order chi connectivity index (χ1) is 9.58. The molecule has 0 N–H and O–H groups in total. The molecule has 0 fully saturated rings. The van der Waals surface area contributed by atoms with Crippen LogP contribution in [0.15, 0.2) is 0 Å². The van der Waals surface area contributed by atoms with Gasteiger partial charge in [-0.1, -0.05) is 0 Å². The highest BCUT2D eigenvalue weighted by Crippen LogP contribution is 2.17. The lowest BCUT2D eigenvalue weighted by molar-refractivity contribution is -0.168. The zero-order valence-electron chi connectivity index (χ0n) is 12.8. The van der Waals surface area contributed by atoms with Crippen molar-refractivity contribution >= 4 is 11.9 Å². The Morgan fingerprint density at radius 2 is 1.40 bits per heavy atom. The number of ether oxygens (including phenoxy) is 4. The van der Waals surface area contributed by atoms with Gasteiger partial charge in [0.25, 0.3) is 0 Å². The summed E-state index contributed by atoms with van der Waals surface area (Å²) in [7, 11) is 0. The molecule has 0 aliphatic rings. The molecule has 20 heavy (non-hydrogen) atoms. The van der Waals surface area contributed by atoms with Crippen molar-refractivity contribution in [3.8, 4) is 0 Å². The minimum atomic E-state index is -0.614. The minimum Gasteiger partial charge on any atom is -0.466 e. The molecular formula is C14H26O6. The van der Waals surface area contributed by atoms with E-state index in [1.165, 1.54) is 0 Å². The van der Waals surface area contributed by atoms with E-state index >= 15 is 0 Å². The molecule has 0 radical (unpaired) electrons. The predicted molar refractivity (Wildman–Crippen MR) is 73.0 cm³/mol. The third kappa shape index (κ3) is 8.12. The van der Waals surface area contributed by atoms with Crippen LogP contribution < -0.4 is 0 Å². The molecule has 0 rings (SSSR count). The molecule has 1 unspecified atom stereocenters. The van der Waals surface area contributed by atoms with E-state index in [4.69, 9.17) is 18.9 Å². The van der Waals surface area contributed by atoms with Crippen molar-refractivity contribution in [2.75, 3.05) is 26.4 Å². The monoisotopic (exact) mass is 290 g/mol. The first kappa shape index (κ1) is 18.9. The lowest BCUT2D eigenvalue weighted by Gasteiger charge is -2.21. The summed E-state index contributed by atoms with van der Waals surface area (Å²) in [6.07, 6.45) is -0.267. The molecule has 0 heterocycles. The number of hydrogen-bond acceptors (Lipinski definition) is 6. The summed E-state index contributed by atoms with van der Waals surface area (Å²) in [5.74, 6) is -1.46. The first-order valence-corrected chi connectivity index (χ1v) is 7.14. The van der Waals surface area contributed by atoms with E-state index in [0.29, 0.717) is 13.2 Å². The van der Waals surface area contributed by atoms with Crippen molar-refractivity contribution in [3.63, 3.8) is 0 Å². The molecule has 0 aromatic heterocycles. The zero-order chi connectivity index (χ0) is 15.4. The first-order valence-electron chi connectivity index (χ1n) is 7.14. The molecule has 0 amide bonds. The summed E-state index contributed by atoms with van der Waals surface area (Å²) < 4.78 is 20.7. The summed E-state index contributed by atoms with van der Waals surface area (Å²) in [6, 6.07) is 0. The van der Waals surface area contributed by atoms with Crippen LogP contribution in [0.2, 0.25) is 0 Å². The van der Waals surface area contributed by atoms with Gasteiger partial charge < -0.3 is 18.9 Å². The summed E-state index contributed by atoms with van der Waals surface area (Å²) in [5, 5.41) is 0. The topological polar surface area (TPSA) is 71.1 Å². The van der Waals surface area contributed by atoms with Gasteiger partial charge in [0.15, 0.2) is 6.29 Å². The van der Waals surface area contributed by atoms with E-state index in [9.17, 15) is 9.59 Å². The third-order valence-electron chi connectivity index (χ3n) is 2.52. The van der Waals surface area contributed by atoms with Gasteiger partial charge in [-0.15, -0.1) is 0 Å². The van der Waals surface area contributed by atoms with Crippen molar-refractivity contribution in [1.29, 1.82) is 0 Å². The average Bonchev–Trinajstić information content (AvgIpc) is 2.39. The minimum absolute atomic E-state index is 0.0245. The van der Waals surface area contributed by atoms with Gasteiger partial charge >= 0.3 is 11.9 Å². The largest absolute Gasteiger partial charge is 0.466 e. The van der Waals surface area contributed by atoms with Gasteiger partial charge in [-0.25, -0.2) is 0 Å². The molecule has 0 saturated heterocycles. The Hall–Kier alpha value is -1.14. The normalized spacial score (nSPS) is 12.2. The summed E-state index contributed by atoms with van der Waals surface area (Å²) in [6.45, 7) is 8.63. The highest BCUT2D eigenvalue weighted by Gasteiger charge is 2.28. The second-order valence-corrected chi connectivity index (χ2v) is 4.03. The van der Waals surface area contributed by atoms with Crippen molar-refractivity contribution in [2.45, 2.75) is 46.8 Å². The fourth-order valence-electron chi connectivity index (χ4n) is 1.73. The molecule has 0 bridgehead atoms. The van der Waals surface area contributed by atoms with E-state index in [1.54, 1.807) is 13.8 Å². The molecule has 0 spiro atoms. The SMILES string of the molecule is CCOC(=O)CC(CC(OCC)OCC)C(=O)OCC. The van der Waals surface area contributed by atoms with E-state index in [0.717, 1.165) is 0 Å². The van der Waals surface area contributed by atoms with Crippen LogP contribution in [-0.2, 0) is 28.5 Å². The van der Waals surface area contributed by atoms with Gasteiger partial charge in [-0.05, 0) is 27.7 Å². The van der Waals surface area contributed by atoms with Gasteiger partial charge in [-0.2, -0.15) is 0 Å². The van der Waals surface area contributed by atoms with Crippen molar-refractivity contribution in [2.24, 2.45) is 5.92 Å². The molecule has 0 aliphatic heterocycles. The number of carbonyl (C=O) groups is 2. The Bertz CT molecular complexity index is 273. The predicted octanol–water partition coefficient (Wildman–Crippen LogP) is 1.91. The highest BCUT2D eigenvalue weighted by atomic mass is 16.7. The van der Waals surface area contributed by atoms with Crippen LogP contribution in [0.1, 0.15) is 40.5 Å². The van der Waals surface area contributed by atoms with Gasteiger partial charge in [-0.3, -0.25) is 9.59 Å². The van der Waals surface area contributed by atoms with E-state index in [1.807, 2.05) is 13.8 Å². The van der Waals surface area contributed by atoms with Crippen molar-refractivity contribution in [3.05, 3.63) is 0 Å². The molecule has 6 nitrogen and oxygen atoms in total. The number of carbonyl (C=O) groups excluding carboxylic acids is 2. The summed E-state index contributed by atoms with van der Waals surface area (Å²) in [4.78, 5) is 23.4. The smallest absolute Gasteiger partial charge is 0.309 e. The van der Waals surface area contributed by atoms with Crippen LogP contribution in [-0.4, -0.2) is 44.7 Å². The second kappa shape index (κ2) is 11.7. The van der Waals surface area contributed by atoms with Gasteiger partial charge in [0.05, 0.1) is 25.6 Å². The molecule has 118 valence electrons. The maximum absolute atomic E-state index is 11.9. The Kier molecular flexibility index (Phi) is 11.0. The number of esters is 2. The van der Waals surface area contributed by atoms with E-state index in [2.05, 4.69) is 0 Å². The van der Waals surface area contributed by atoms with Crippen molar-refractivity contribution in [1.82, 2.24) is 0 Å². The molecule has 0 saturated carbocycles. The third-order valence-corrected chi connectivity index (χ3v) is 2.52. The molecule has 1 atom stereocenters. The number of rotatable bonds is 11. The maximum Gasteiger partial charge on any atom is 0.309 e. The molecule has 0 aliphatic carbocycles. The molecule has 6 heteroatoms. The van der Waals surface area contributed by atoms with Crippen LogP contribution >= 0.6 is 0 Å². The molecule has 0 aromatic carbocycles. The van der Waals surface area contributed by atoms with E-state index < -0.39 is 24.1 Å². The number of hydrogen-bond donors (Lipinski definition) is 0. The average molecular weight is 290 g/mol.